The molecule has 0 aliphatic carbocycles. The van der Waals surface area contributed by atoms with E-state index in [-0.39, 0.29) is 5.91 Å². The molecule has 0 atom stereocenters. The number of rotatable bonds is 13. The number of nitrogens with one attached hydrogen (secondary N) is 1. The van der Waals surface area contributed by atoms with Gasteiger partial charge in [0, 0.05) is 6.08 Å². The van der Waals surface area contributed by atoms with Crippen LogP contribution in [-0.4, -0.2) is 28.5 Å². The van der Waals surface area contributed by atoms with Gasteiger partial charge in [-0.3, -0.25) is 10.1 Å². The Labute approximate surface area is 176 Å². The molecule has 0 aliphatic heterocycles. The summed E-state index contributed by atoms with van der Waals surface area (Å²) in [5, 5.41) is 11.2. The molecule has 1 N–H and O–H groups in total. The van der Waals surface area contributed by atoms with Crippen LogP contribution in [0.15, 0.2) is 34.7 Å². The summed E-state index contributed by atoms with van der Waals surface area (Å²) in [4.78, 5) is 12.0. The van der Waals surface area contributed by atoms with Gasteiger partial charge in [-0.05, 0) is 35.9 Å². The van der Waals surface area contributed by atoms with Crippen molar-refractivity contribution in [1.82, 2.24) is 10.2 Å². The van der Waals surface area contributed by atoms with Crippen LogP contribution in [-0.2, 0) is 4.79 Å². The number of nitrogens with zero attached hydrogens (tertiary/aromatic N) is 2. The van der Waals surface area contributed by atoms with Crippen LogP contribution in [0.3, 0.4) is 0 Å². The predicted octanol–water partition coefficient (Wildman–Crippen LogP) is 6.04. The van der Waals surface area contributed by atoms with Crippen LogP contribution in [0.4, 0.5) is 5.13 Å². The van der Waals surface area contributed by atoms with E-state index < -0.39 is 0 Å². The first-order valence-electron chi connectivity index (χ1n) is 9.89. The molecule has 2 rings (SSSR count). The highest BCUT2D eigenvalue weighted by molar-refractivity contribution is 8.01. The third-order valence-electron chi connectivity index (χ3n) is 3.98. The second-order valence-electron chi connectivity index (χ2n) is 6.31. The summed E-state index contributed by atoms with van der Waals surface area (Å²) in [5.41, 5.74) is 0.946. The summed E-state index contributed by atoms with van der Waals surface area (Å²) in [6.07, 6.45) is 10.8. The summed E-state index contributed by atoms with van der Waals surface area (Å²) in [5.74, 6) is 1.58. The van der Waals surface area contributed by atoms with Gasteiger partial charge < -0.3 is 4.74 Å². The predicted molar refractivity (Wildman–Crippen MR) is 119 cm³/mol. The van der Waals surface area contributed by atoms with Crippen molar-refractivity contribution in [2.24, 2.45) is 0 Å². The largest absolute Gasteiger partial charge is 0.494 e. The summed E-state index contributed by atoms with van der Waals surface area (Å²) >= 11 is 2.99. The third-order valence-corrected chi connectivity index (χ3v) is 5.83. The lowest BCUT2D eigenvalue weighted by molar-refractivity contribution is -0.111. The normalized spacial score (nSPS) is 11.1. The van der Waals surface area contributed by atoms with Gasteiger partial charge >= 0.3 is 0 Å². The van der Waals surface area contributed by atoms with Crippen LogP contribution >= 0.6 is 23.1 Å². The van der Waals surface area contributed by atoms with E-state index in [1.165, 1.54) is 49.5 Å². The van der Waals surface area contributed by atoms with Crippen LogP contribution in [0.1, 0.15) is 57.9 Å². The monoisotopic (exact) mass is 419 g/mol. The fraction of sp³-hybridized carbons (Fsp3) is 0.476. The zero-order valence-electron chi connectivity index (χ0n) is 16.6. The Kier molecular flexibility index (Phi) is 10.7. The number of hydrogen-bond acceptors (Lipinski definition) is 6. The van der Waals surface area contributed by atoms with E-state index >= 15 is 0 Å². The molecule has 0 spiro atoms. The summed E-state index contributed by atoms with van der Waals surface area (Å²) in [6, 6.07) is 7.77. The van der Waals surface area contributed by atoms with Crippen molar-refractivity contribution in [1.29, 1.82) is 0 Å². The molecule has 1 heterocycles. The van der Waals surface area contributed by atoms with Gasteiger partial charge in [0.2, 0.25) is 11.0 Å². The second-order valence-corrected chi connectivity index (χ2v) is 8.80. The number of carbonyl (C=O) groups is 1. The van der Waals surface area contributed by atoms with Crippen molar-refractivity contribution < 1.29 is 9.53 Å². The van der Waals surface area contributed by atoms with Gasteiger partial charge in [0.25, 0.3) is 0 Å². The maximum atomic E-state index is 12.0. The van der Waals surface area contributed by atoms with Crippen LogP contribution in [0, 0.1) is 0 Å². The van der Waals surface area contributed by atoms with Gasteiger partial charge in [0.1, 0.15) is 5.75 Å². The Morgan fingerprint density at radius 2 is 1.86 bits per heavy atom. The maximum absolute atomic E-state index is 12.0. The van der Waals surface area contributed by atoms with Crippen molar-refractivity contribution in [3.63, 3.8) is 0 Å². The van der Waals surface area contributed by atoms with Gasteiger partial charge in [-0.1, -0.05) is 81.2 Å². The average Bonchev–Trinajstić information content (AvgIpc) is 3.14. The number of anilines is 1. The molecule has 28 heavy (non-hydrogen) atoms. The molecule has 1 amide bonds. The van der Waals surface area contributed by atoms with Gasteiger partial charge in [-0.2, -0.15) is 0 Å². The molecule has 0 unspecified atom stereocenters. The topological polar surface area (TPSA) is 64.1 Å². The van der Waals surface area contributed by atoms with E-state index in [0.29, 0.717) is 5.13 Å². The van der Waals surface area contributed by atoms with E-state index in [4.69, 9.17) is 4.74 Å². The highest BCUT2D eigenvalue weighted by Gasteiger charge is 2.05. The number of hydrogen-bond donors (Lipinski definition) is 1. The zero-order chi connectivity index (χ0) is 20.0. The van der Waals surface area contributed by atoms with E-state index in [1.54, 1.807) is 17.8 Å². The fourth-order valence-corrected chi connectivity index (χ4v) is 4.16. The van der Waals surface area contributed by atoms with Gasteiger partial charge in [0.15, 0.2) is 4.34 Å². The summed E-state index contributed by atoms with van der Waals surface area (Å²) < 4.78 is 6.63. The molecule has 0 saturated carbocycles. The number of aromatic nitrogens is 2. The molecule has 0 fully saturated rings. The molecule has 152 valence electrons. The van der Waals surface area contributed by atoms with Crippen LogP contribution in [0.2, 0.25) is 0 Å². The smallest absolute Gasteiger partial charge is 0.250 e. The van der Waals surface area contributed by atoms with Crippen molar-refractivity contribution in [3.8, 4) is 5.75 Å². The lowest BCUT2D eigenvalue weighted by atomic mass is 10.1. The minimum Gasteiger partial charge on any atom is -0.494 e. The molecule has 0 radical (unpaired) electrons. The minimum absolute atomic E-state index is 0.215. The molecule has 2 aromatic rings. The summed E-state index contributed by atoms with van der Waals surface area (Å²) in [6.45, 7) is 5.04. The molecular formula is C21H29N3O2S2. The Bertz CT molecular complexity index is 730. The van der Waals surface area contributed by atoms with E-state index in [9.17, 15) is 4.79 Å². The number of amides is 1. The van der Waals surface area contributed by atoms with E-state index in [2.05, 4.69) is 29.4 Å². The fourth-order valence-electron chi connectivity index (χ4n) is 2.51. The van der Waals surface area contributed by atoms with Crippen molar-refractivity contribution in [2.75, 3.05) is 17.7 Å². The van der Waals surface area contributed by atoms with Gasteiger partial charge in [-0.15, -0.1) is 10.2 Å². The zero-order valence-corrected chi connectivity index (χ0v) is 18.3. The molecule has 1 aromatic carbocycles. The highest BCUT2D eigenvalue weighted by atomic mass is 32.2. The molecular weight excluding hydrogens is 390 g/mol. The SMILES string of the molecule is CCCCCCCCOc1ccc(/C=C/C(=O)Nc2nnc(SCC)s2)cc1. The van der Waals surface area contributed by atoms with Crippen LogP contribution in [0.5, 0.6) is 5.75 Å². The minimum atomic E-state index is -0.215. The number of ether oxygens (including phenoxy) is 1. The number of unbranched alkanes of at least 4 members (excludes halogenated alkanes) is 5. The third kappa shape index (κ3) is 8.89. The first kappa shape index (κ1) is 22.4. The average molecular weight is 420 g/mol. The van der Waals surface area contributed by atoms with Crippen molar-refractivity contribution in [3.05, 3.63) is 35.9 Å². The molecule has 0 bridgehead atoms. The van der Waals surface area contributed by atoms with E-state index in [0.717, 1.165) is 34.4 Å². The Morgan fingerprint density at radius 1 is 1.11 bits per heavy atom. The Hall–Kier alpha value is -1.86. The standard InChI is InChI=1S/C21H29N3O2S2/c1-3-5-6-7-8-9-16-26-18-13-10-17(11-14-18)12-15-19(25)22-20-23-24-21(28-20)27-4-2/h10-15H,3-9,16H2,1-2H3,(H,22,23,25)/b15-12+. The number of carbonyl (C=O) groups excluding carboxylic acids is 1. The van der Waals surface area contributed by atoms with Crippen LogP contribution < -0.4 is 10.1 Å². The van der Waals surface area contributed by atoms with Crippen molar-refractivity contribution in [2.45, 2.75) is 56.7 Å². The first-order chi connectivity index (χ1) is 13.7. The number of benzene rings is 1. The molecule has 1 aromatic heterocycles. The van der Waals surface area contributed by atoms with Gasteiger partial charge in [-0.25, -0.2) is 0 Å². The molecule has 7 heteroatoms. The molecule has 0 aliphatic rings. The maximum Gasteiger partial charge on any atom is 0.250 e. The molecule has 5 nitrogen and oxygen atoms in total. The number of thioether (sulfide) groups is 1. The van der Waals surface area contributed by atoms with Gasteiger partial charge in [0.05, 0.1) is 6.61 Å². The lowest BCUT2D eigenvalue weighted by Gasteiger charge is -2.06. The quantitative estimate of drug-likeness (QED) is 0.185. The van der Waals surface area contributed by atoms with Crippen molar-refractivity contribution >= 4 is 40.2 Å². The first-order valence-corrected chi connectivity index (χ1v) is 11.7. The molecule has 0 saturated heterocycles. The lowest BCUT2D eigenvalue weighted by Crippen LogP contribution is -2.07. The van der Waals surface area contributed by atoms with E-state index in [1.807, 2.05) is 24.3 Å². The Morgan fingerprint density at radius 3 is 2.61 bits per heavy atom. The second kappa shape index (κ2) is 13.3. The Balaban J connectivity index is 1.69. The summed E-state index contributed by atoms with van der Waals surface area (Å²) in [7, 11) is 0. The van der Waals surface area contributed by atoms with Crippen LogP contribution in [0.25, 0.3) is 6.08 Å². The highest BCUT2D eigenvalue weighted by Crippen LogP contribution is 2.25.